The highest BCUT2D eigenvalue weighted by Crippen LogP contribution is 2.37. The molecule has 1 saturated heterocycles. The fraction of sp³-hybridized carbons (Fsp3) is 0.571. The first-order chi connectivity index (χ1) is 4.74. The van der Waals surface area contributed by atoms with Crippen molar-refractivity contribution in [3.63, 3.8) is 0 Å². The van der Waals surface area contributed by atoms with E-state index in [1.807, 2.05) is 11.8 Å². The Morgan fingerprint density at radius 1 is 1.80 bits per heavy atom. The molecule has 0 aromatic carbocycles. The molecule has 0 saturated carbocycles. The molecule has 0 radical (unpaired) electrons. The predicted molar refractivity (Wildman–Crippen MR) is 48.5 cm³/mol. The summed E-state index contributed by atoms with van der Waals surface area (Å²) in [6, 6.07) is 0. The number of ketones is 1. The van der Waals surface area contributed by atoms with E-state index in [0.717, 1.165) is 5.75 Å². The summed E-state index contributed by atoms with van der Waals surface area (Å²) in [6.45, 7) is 5.59. The van der Waals surface area contributed by atoms with Gasteiger partial charge in [0.2, 0.25) is 0 Å². The van der Waals surface area contributed by atoms with E-state index in [-0.39, 0.29) is 11.0 Å². The minimum atomic E-state index is 0.178. The van der Waals surface area contributed by atoms with Gasteiger partial charge in [-0.25, -0.2) is 0 Å². The Hall–Kier alpha value is 0.110. The van der Waals surface area contributed by atoms with Crippen molar-refractivity contribution in [1.29, 1.82) is 0 Å². The molecule has 0 N–H and O–H groups in total. The molecule has 1 aliphatic rings. The maximum Gasteiger partial charge on any atom is 0.168 e. The molecule has 0 spiro atoms. The normalized spacial score (nSPS) is 32.1. The third-order valence-electron chi connectivity index (χ3n) is 1.36. The van der Waals surface area contributed by atoms with Crippen LogP contribution in [0.2, 0.25) is 0 Å². The zero-order chi connectivity index (χ0) is 7.56. The number of rotatable bonds is 2. The monoisotopic (exact) mass is 174 g/mol. The summed E-state index contributed by atoms with van der Waals surface area (Å²) >= 11 is 3.58. The van der Waals surface area contributed by atoms with Gasteiger partial charge in [0.15, 0.2) is 5.78 Å². The lowest BCUT2D eigenvalue weighted by Gasteiger charge is -2.01. The van der Waals surface area contributed by atoms with Crippen molar-refractivity contribution < 1.29 is 4.79 Å². The molecule has 0 bridgehead atoms. The van der Waals surface area contributed by atoms with Crippen LogP contribution in [-0.2, 0) is 4.79 Å². The third-order valence-corrected chi connectivity index (χ3v) is 4.42. The van der Waals surface area contributed by atoms with E-state index < -0.39 is 0 Å². The van der Waals surface area contributed by atoms with Gasteiger partial charge in [-0.1, -0.05) is 6.58 Å². The van der Waals surface area contributed by atoms with Crippen LogP contribution in [0.25, 0.3) is 0 Å². The molecule has 1 fully saturated rings. The first-order valence-electron chi connectivity index (χ1n) is 3.17. The third kappa shape index (κ3) is 1.80. The van der Waals surface area contributed by atoms with Gasteiger partial charge in [0.1, 0.15) is 0 Å². The average molecular weight is 174 g/mol. The Morgan fingerprint density at radius 2 is 2.50 bits per heavy atom. The Balaban J connectivity index is 2.44. The van der Waals surface area contributed by atoms with Crippen LogP contribution in [0.5, 0.6) is 0 Å². The van der Waals surface area contributed by atoms with Crippen LogP contribution in [0.4, 0.5) is 0 Å². The Kier molecular flexibility index (Phi) is 2.86. The largest absolute Gasteiger partial charge is 0.294 e. The number of carbonyl (C=O) groups excluding carboxylic acids is 1. The quantitative estimate of drug-likeness (QED) is 0.595. The van der Waals surface area contributed by atoms with Crippen LogP contribution in [0.3, 0.4) is 0 Å². The van der Waals surface area contributed by atoms with Crippen molar-refractivity contribution in [2.24, 2.45) is 0 Å². The minimum absolute atomic E-state index is 0.178. The van der Waals surface area contributed by atoms with E-state index >= 15 is 0 Å². The summed E-state index contributed by atoms with van der Waals surface area (Å²) in [5, 5.41) is 0.178. The zero-order valence-corrected chi connectivity index (χ0v) is 7.50. The number of hydrogen-bond acceptors (Lipinski definition) is 3. The second kappa shape index (κ2) is 3.49. The molecule has 56 valence electrons. The number of hydrogen-bond donors (Lipinski definition) is 0. The minimum Gasteiger partial charge on any atom is -0.294 e. The van der Waals surface area contributed by atoms with Gasteiger partial charge >= 0.3 is 0 Å². The van der Waals surface area contributed by atoms with Gasteiger partial charge in [0.05, 0.1) is 5.25 Å². The van der Waals surface area contributed by atoms with Crippen molar-refractivity contribution in [3.8, 4) is 0 Å². The Bertz CT molecular complexity index is 156. The van der Waals surface area contributed by atoms with Gasteiger partial charge < -0.3 is 0 Å². The van der Waals surface area contributed by atoms with Gasteiger partial charge in [-0.3, -0.25) is 4.79 Å². The van der Waals surface area contributed by atoms with Crippen molar-refractivity contribution in [1.82, 2.24) is 0 Å². The Labute approximate surface area is 69.6 Å². The maximum absolute atomic E-state index is 11.0. The van der Waals surface area contributed by atoms with Crippen molar-refractivity contribution in [3.05, 3.63) is 12.7 Å². The summed E-state index contributed by atoms with van der Waals surface area (Å²) < 4.78 is 0.578. The van der Waals surface area contributed by atoms with E-state index in [9.17, 15) is 4.79 Å². The molecule has 1 heterocycles. The fourth-order valence-corrected chi connectivity index (χ4v) is 3.62. The molecule has 3 heteroatoms. The standard InChI is InChI=1S/C7H10OS2/c1-3-6(8)7-4-9-5(2)10-7/h3,5,7H,1,4H2,2H3. The van der Waals surface area contributed by atoms with E-state index in [4.69, 9.17) is 0 Å². The van der Waals surface area contributed by atoms with Crippen molar-refractivity contribution >= 4 is 29.3 Å². The number of carbonyl (C=O) groups is 1. The summed E-state index contributed by atoms with van der Waals surface area (Å²) in [7, 11) is 0. The fourth-order valence-electron chi connectivity index (χ4n) is 0.813. The van der Waals surface area contributed by atoms with Gasteiger partial charge in [-0.2, -0.15) is 0 Å². The molecule has 0 amide bonds. The summed E-state index contributed by atoms with van der Waals surface area (Å²) in [5.41, 5.74) is 0. The molecule has 2 unspecified atom stereocenters. The second-order valence-corrected chi connectivity index (χ2v) is 5.35. The first-order valence-corrected chi connectivity index (χ1v) is 5.16. The van der Waals surface area contributed by atoms with Gasteiger partial charge in [0.25, 0.3) is 0 Å². The maximum atomic E-state index is 11.0. The molecule has 1 rings (SSSR count). The van der Waals surface area contributed by atoms with E-state index in [0.29, 0.717) is 4.58 Å². The lowest BCUT2D eigenvalue weighted by Crippen LogP contribution is -2.13. The van der Waals surface area contributed by atoms with Crippen LogP contribution in [0.1, 0.15) is 6.92 Å². The van der Waals surface area contributed by atoms with Crippen LogP contribution < -0.4 is 0 Å². The van der Waals surface area contributed by atoms with E-state index in [1.54, 1.807) is 11.8 Å². The molecule has 0 aromatic heterocycles. The Morgan fingerprint density at radius 3 is 2.90 bits per heavy atom. The van der Waals surface area contributed by atoms with Gasteiger partial charge in [-0.05, 0) is 13.0 Å². The van der Waals surface area contributed by atoms with Crippen LogP contribution in [0, 0.1) is 0 Å². The summed E-state index contributed by atoms with van der Waals surface area (Å²) in [5.74, 6) is 1.14. The highest BCUT2D eigenvalue weighted by molar-refractivity contribution is 8.20. The highest BCUT2D eigenvalue weighted by Gasteiger charge is 2.26. The molecule has 2 atom stereocenters. The first kappa shape index (κ1) is 8.21. The topological polar surface area (TPSA) is 17.1 Å². The molecule has 1 aliphatic heterocycles. The lowest BCUT2D eigenvalue weighted by atomic mass is 10.3. The van der Waals surface area contributed by atoms with Crippen LogP contribution in [-0.4, -0.2) is 21.4 Å². The van der Waals surface area contributed by atoms with Gasteiger partial charge in [0, 0.05) is 10.3 Å². The molecule has 0 aliphatic carbocycles. The molecule has 0 aromatic rings. The number of thioether (sulfide) groups is 2. The summed E-state index contributed by atoms with van der Waals surface area (Å²) in [4.78, 5) is 11.0. The van der Waals surface area contributed by atoms with E-state index in [1.165, 1.54) is 6.08 Å². The average Bonchev–Trinajstić information content (AvgIpc) is 2.34. The van der Waals surface area contributed by atoms with Gasteiger partial charge in [-0.15, -0.1) is 23.5 Å². The van der Waals surface area contributed by atoms with Crippen LogP contribution >= 0.6 is 23.5 Å². The SMILES string of the molecule is C=CC(=O)C1CSC(C)S1. The molecule has 10 heavy (non-hydrogen) atoms. The smallest absolute Gasteiger partial charge is 0.168 e. The summed E-state index contributed by atoms with van der Waals surface area (Å²) in [6.07, 6.45) is 1.43. The van der Waals surface area contributed by atoms with E-state index in [2.05, 4.69) is 13.5 Å². The van der Waals surface area contributed by atoms with Crippen molar-refractivity contribution in [2.45, 2.75) is 16.8 Å². The molecule has 1 nitrogen and oxygen atoms in total. The molecular weight excluding hydrogens is 164 g/mol. The highest BCUT2D eigenvalue weighted by atomic mass is 32.2. The molecular formula is C7H10OS2. The zero-order valence-electron chi connectivity index (χ0n) is 5.87. The lowest BCUT2D eigenvalue weighted by molar-refractivity contribution is -0.113. The second-order valence-electron chi connectivity index (χ2n) is 2.13. The predicted octanol–water partition coefficient (Wildman–Crippen LogP) is 1.94. The van der Waals surface area contributed by atoms with Crippen molar-refractivity contribution in [2.75, 3.05) is 5.75 Å². The number of allylic oxidation sites excluding steroid dienone is 1. The van der Waals surface area contributed by atoms with Crippen LogP contribution in [0.15, 0.2) is 12.7 Å².